The first kappa shape index (κ1) is 16.4. The first-order valence-electron chi connectivity index (χ1n) is 7.83. The van der Waals surface area contributed by atoms with Crippen LogP contribution in [0.2, 0.25) is 5.02 Å². The van der Waals surface area contributed by atoms with Crippen molar-refractivity contribution < 1.29 is 0 Å². The number of aromatic nitrogens is 4. The largest absolute Gasteiger partial charge is 0.347 e. The van der Waals surface area contributed by atoms with Crippen molar-refractivity contribution in [3.63, 3.8) is 0 Å². The fraction of sp³-hybridized carbons (Fsp3) is 0.600. The second kappa shape index (κ2) is 6.97. The summed E-state index contributed by atoms with van der Waals surface area (Å²) in [6.07, 6.45) is 5.40. The molecule has 0 N–H and O–H groups in total. The molecule has 6 nitrogen and oxygen atoms in total. The lowest BCUT2D eigenvalue weighted by molar-refractivity contribution is 0.476. The van der Waals surface area contributed by atoms with Crippen molar-refractivity contribution in [1.29, 1.82) is 0 Å². The summed E-state index contributed by atoms with van der Waals surface area (Å²) in [6, 6.07) is 0.435. The average molecular weight is 353 g/mol. The molecule has 0 amide bonds. The second-order valence-electron chi connectivity index (χ2n) is 6.11. The SMILES string of the molecule is CC(C)c1nnc(N2CCC(N(C)c3ncc(Cl)cn3)CC2)s1. The van der Waals surface area contributed by atoms with Gasteiger partial charge in [0.05, 0.1) is 17.4 Å². The zero-order valence-corrected chi connectivity index (χ0v) is 15.2. The first-order valence-corrected chi connectivity index (χ1v) is 9.02. The minimum atomic E-state index is 0.435. The van der Waals surface area contributed by atoms with Crippen molar-refractivity contribution in [2.45, 2.75) is 38.6 Å². The van der Waals surface area contributed by atoms with Gasteiger partial charge in [-0.15, -0.1) is 10.2 Å². The smallest absolute Gasteiger partial charge is 0.225 e. The molecule has 0 unspecified atom stereocenters. The van der Waals surface area contributed by atoms with Gasteiger partial charge in [-0.1, -0.05) is 36.8 Å². The van der Waals surface area contributed by atoms with Crippen LogP contribution in [-0.4, -0.2) is 46.3 Å². The Bertz CT molecular complexity index is 636. The molecule has 124 valence electrons. The van der Waals surface area contributed by atoms with E-state index in [9.17, 15) is 0 Å². The normalized spacial score (nSPS) is 16.1. The Kier molecular flexibility index (Phi) is 4.96. The van der Waals surface area contributed by atoms with E-state index < -0.39 is 0 Å². The average Bonchev–Trinajstić information content (AvgIpc) is 3.05. The number of hydrogen-bond donors (Lipinski definition) is 0. The van der Waals surface area contributed by atoms with E-state index in [1.54, 1.807) is 23.7 Å². The minimum absolute atomic E-state index is 0.435. The molecule has 23 heavy (non-hydrogen) atoms. The molecule has 0 aromatic carbocycles. The predicted octanol–water partition coefficient (Wildman–Crippen LogP) is 3.21. The molecule has 0 saturated carbocycles. The van der Waals surface area contributed by atoms with Crippen LogP contribution in [0, 0.1) is 0 Å². The van der Waals surface area contributed by atoms with E-state index in [0.29, 0.717) is 17.0 Å². The predicted molar refractivity (Wildman–Crippen MR) is 94.7 cm³/mol. The van der Waals surface area contributed by atoms with Gasteiger partial charge in [-0.05, 0) is 12.8 Å². The monoisotopic (exact) mass is 352 g/mol. The number of anilines is 2. The van der Waals surface area contributed by atoms with Gasteiger partial charge >= 0.3 is 0 Å². The minimum Gasteiger partial charge on any atom is -0.347 e. The third-order valence-corrected chi connectivity index (χ3v) is 5.61. The molecular weight excluding hydrogens is 332 g/mol. The summed E-state index contributed by atoms with van der Waals surface area (Å²) in [7, 11) is 2.05. The fourth-order valence-electron chi connectivity index (χ4n) is 2.68. The Morgan fingerprint density at radius 1 is 1.22 bits per heavy atom. The highest BCUT2D eigenvalue weighted by molar-refractivity contribution is 7.15. The Hall–Kier alpha value is -1.47. The zero-order chi connectivity index (χ0) is 16.4. The standard InChI is InChI=1S/C15H21ClN6S/c1-10(2)13-19-20-15(23-13)22-6-4-12(5-7-22)21(3)14-17-8-11(16)9-18-14/h8-10,12H,4-7H2,1-3H3. The maximum Gasteiger partial charge on any atom is 0.225 e. The molecule has 0 bridgehead atoms. The molecule has 2 aromatic heterocycles. The van der Waals surface area contributed by atoms with E-state index >= 15 is 0 Å². The van der Waals surface area contributed by atoms with E-state index in [4.69, 9.17) is 11.6 Å². The van der Waals surface area contributed by atoms with Crippen molar-refractivity contribution >= 4 is 34.0 Å². The lowest BCUT2D eigenvalue weighted by Crippen LogP contribution is -2.44. The molecule has 0 atom stereocenters. The van der Waals surface area contributed by atoms with Gasteiger partial charge in [0.25, 0.3) is 0 Å². The van der Waals surface area contributed by atoms with Gasteiger partial charge < -0.3 is 9.80 Å². The Morgan fingerprint density at radius 2 is 1.87 bits per heavy atom. The van der Waals surface area contributed by atoms with Gasteiger partial charge in [-0.3, -0.25) is 0 Å². The third kappa shape index (κ3) is 3.72. The summed E-state index contributed by atoms with van der Waals surface area (Å²) in [5, 5.41) is 11.3. The maximum absolute atomic E-state index is 5.85. The third-order valence-electron chi connectivity index (χ3n) is 4.13. The lowest BCUT2D eigenvalue weighted by atomic mass is 10.0. The summed E-state index contributed by atoms with van der Waals surface area (Å²) >= 11 is 7.56. The van der Waals surface area contributed by atoms with Gasteiger partial charge in [-0.2, -0.15) is 0 Å². The van der Waals surface area contributed by atoms with Crippen LogP contribution in [0.15, 0.2) is 12.4 Å². The molecular formula is C15H21ClN6S. The Labute approximate surface area is 145 Å². The molecule has 3 rings (SSSR count). The van der Waals surface area contributed by atoms with Crippen molar-refractivity contribution in [2.75, 3.05) is 29.9 Å². The van der Waals surface area contributed by atoms with E-state index in [1.807, 2.05) is 7.05 Å². The summed E-state index contributed by atoms with van der Waals surface area (Å²) in [4.78, 5) is 13.1. The summed E-state index contributed by atoms with van der Waals surface area (Å²) in [5.74, 6) is 1.16. The molecule has 1 aliphatic rings. The quantitative estimate of drug-likeness (QED) is 0.842. The maximum atomic E-state index is 5.85. The number of piperidine rings is 1. The van der Waals surface area contributed by atoms with Gasteiger partial charge in [-0.25, -0.2) is 9.97 Å². The summed E-state index contributed by atoms with van der Waals surface area (Å²) in [6.45, 7) is 6.26. The van der Waals surface area contributed by atoms with Gasteiger partial charge in [0, 0.05) is 32.1 Å². The Morgan fingerprint density at radius 3 is 2.43 bits per heavy atom. The highest BCUT2D eigenvalue weighted by Gasteiger charge is 2.25. The van der Waals surface area contributed by atoms with E-state index in [0.717, 1.165) is 42.0 Å². The van der Waals surface area contributed by atoms with Crippen LogP contribution in [0.3, 0.4) is 0 Å². The van der Waals surface area contributed by atoms with Crippen LogP contribution in [0.1, 0.15) is 37.6 Å². The van der Waals surface area contributed by atoms with Crippen LogP contribution >= 0.6 is 22.9 Å². The summed E-state index contributed by atoms with van der Waals surface area (Å²) in [5.41, 5.74) is 0. The molecule has 0 spiro atoms. The highest BCUT2D eigenvalue weighted by atomic mass is 35.5. The molecule has 3 heterocycles. The van der Waals surface area contributed by atoms with Crippen LogP contribution in [-0.2, 0) is 0 Å². The topological polar surface area (TPSA) is 58.0 Å². The van der Waals surface area contributed by atoms with Crippen molar-refractivity contribution in [3.8, 4) is 0 Å². The molecule has 8 heteroatoms. The fourth-order valence-corrected chi connectivity index (χ4v) is 3.68. The van der Waals surface area contributed by atoms with E-state index in [2.05, 4.69) is 43.8 Å². The Balaban J connectivity index is 1.60. The van der Waals surface area contributed by atoms with Crippen LogP contribution in [0.25, 0.3) is 0 Å². The van der Waals surface area contributed by atoms with Gasteiger partial charge in [0.2, 0.25) is 11.1 Å². The van der Waals surface area contributed by atoms with Gasteiger partial charge in [0.1, 0.15) is 5.01 Å². The number of rotatable bonds is 4. The van der Waals surface area contributed by atoms with Crippen LogP contribution in [0.5, 0.6) is 0 Å². The molecule has 1 fully saturated rings. The number of halogens is 1. The first-order chi connectivity index (χ1) is 11.0. The zero-order valence-electron chi connectivity index (χ0n) is 13.6. The van der Waals surface area contributed by atoms with E-state index in [1.165, 1.54) is 0 Å². The molecule has 2 aromatic rings. The second-order valence-corrected chi connectivity index (χ2v) is 7.53. The molecule has 1 saturated heterocycles. The molecule has 0 radical (unpaired) electrons. The molecule has 0 aliphatic carbocycles. The summed E-state index contributed by atoms with van der Waals surface area (Å²) < 4.78 is 0. The van der Waals surface area contributed by atoms with Crippen LogP contribution < -0.4 is 9.80 Å². The van der Waals surface area contributed by atoms with E-state index in [-0.39, 0.29) is 0 Å². The lowest BCUT2D eigenvalue weighted by Gasteiger charge is -2.36. The van der Waals surface area contributed by atoms with Crippen molar-refractivity contribution in [3.05, 3.63) is 22.4 Å². The van der Waals surface area contributed by atoms with Crippen molar-refractivity contribution in [2.24, 2.45) is 0 Å². The highest BCUT2D eigenvalue weighted by Crippen LogP contribution is 2.29. The number of nitrogens with zero attached hydrogens (tertiary/aromatic N) is 6. The number of hydrogen-bond acceptors (Lipinski definition) is 7. The van der Waals surface area contributed by atoms with Gasteiger partial charge in [0.15, 0.2) is 0 Å². The van der Waals surface area contributed by atoms with Crippen LogP contribution in [0.4, 0.5) is 11.1 Å². The molecule has 1 aliphatic heterocycles. The van der Waals surface area contributed by atoms with Crippen molar-refractivity contribution in [1.82, 2.24) is 20.2 Å².